The van der Waals surface area contributed by atoms with Gasteiger partial charge in [-0.25, -0.2) is 14.1 Å². The summed E-state index contributed by atoms with van der Waals surface area (Å²) >= 11 is 8.52. The van der Waals surface area contributed by atoms with Gasteiger partial charge in [0.2, 0.25) is 0 Å². The van der Waals surface area contributed by atoms with Gasteiger partial charge in [0.05, 0.1) is 12.3 Å². The van der Waals surface area contributed by atoms with Crippen LogP contribution in [0.25, 0.3) is 11.3 Å². The third-order valence-corrected chi connectivity index (χ3v) is 13.8. The predicted molar refractivity (Wildman–Crippen MR) is 179 cm³/mol. The lowest BCUT2D eigenvalue weighted by atomic mass is 9.96. The monoisotopic (exact) mass is 660 g/mol. The van der Waals surface area contributed by atoms with E-state index in [1.165, 1.54) is 10.4 Å². The van der Waals surface area contributed by atoms with Crippen molar-refractivity contribution in [3.63, 3.8) is 0 Å². The number of ether oxygens (including phenoxy) is 1. The van der Waals surface area contributed by atoms with Crippen molar-refractivity contribution in [2.24, 2.45) is 0 Å². The van der Waals surface area contributed by atoms with Gasteiger partial charge in [0.15, 0.2) is 0 Å². The number of hydrogen-bond donors (Lipinski definition) is 1. The highest BCUT2D eigenvalue weighted by Crippen LogP contribution is 2.44. The maximum atomic E-state index is 12.8. The first-order valence-electron chi connectivity index (χ1n) is 14.3. The number of carbonyl (C=O) groups excluding carboxylic acids is 1. The van der Waals surface area contributed by atoms with Crippen LogP contribution in [0.4, 0.5) is 0 Å². The van der Waals surface area contributed by atoms with Crippen molar-refractivity contribution in [3.05, 3.63) is 112 Å². The van der Waals surface area contributed by atoms with E-state index in [2.05, 4.69) is 97.4 Å². The van der Waals surface area contributed by atoms with Crippen molar-refractivity contribution in [3.8, 4) is 11.3 Å². The van der Waals surface area contributed by atoms with Crippen LogP contribution in [0.5, 0.6) is 0 Å². The summed E-state index contributed by atoms with van der Waals surface area (Å²) in [7, 11) is -2.68. The van der Waals surface area contributed by atoms with E-state index >= 15 is 0 Å². The van der Waals surface area contributed by atoms with E-state index in [-0.39, 0.29) is 11.1 Å². The Balaban J connectivity index is 1.53. The molecule has 5 rings (SSSR count). The van der Waals surface area contributed by atoms with E-state index in [0.29, 0.717) is 25.5 Å². The van der Waals surface area contributed by atoms with Crippen LogP contribution in [0.3, 0.4) is 0 Å². The molecule has 0 aliphatic carbocycles. The number of benzene rings is 3. The fourth-order valence-electron chi connectivity index (χ4n) is 6.09. The first kappa shape index (κ1) is 30.7. The smallest absolute Gasteiger partial charge is 0.356 e. The van der Waals surface area contributed by atoms with Crippen LogP contribution in [-0.4, -0.2) is 36.8 Å². The van der Waals surface area contributed by atoms with Crippen LogP contribution >= 0.6 is 28.7 Å². The summed E-state index contributed by atoms with van der Waals surface area (Å²) in [5.41, 5.74) is 4.16. The Hall–Kier alpha value is -2.75. The van der Waals surface area contributed by atoms with Crippen LogP contribution in [0.2, 0.25) is 5.04 Å². The van der Waals surface area contributed by atoms with Gasteiger partial charge in [0.1, 0.15) is 5.69 Å². The minimum atomic E-state index is -2.68. The molecule has 42 heavy (non-hydrogen) atoms. The van der Waals surface area contributed by atoms with Crippen LogP contribution in [0.1, 0.15) is 61.8 Å². The Kier molecular flexibility index (Phi) is 9.40. The molecule has 1 atom stereocenters. The standard InChI is InChI=1S/C34H37BrN2O3SSi/c1-5-39-33(38)29-22-25-23-37(41)30(31(25)32(36-29)24-13-12-14-26(35)21-24)19-20-40-42(34(2,3)4,27-15-8-6-9-16-27)28-17-10-7-11-18-28/h6-18,21-22,30,41H,5,19-20,23H2,1-4H3/t30-/m1/s1. The number of aromatic nitrogens is 1. The molecule has 218 valence electrons. The molecule has 0 saturated carbocycles. The summed E-state index contributed by atoms with van der Waals surface area (Å²) in [4.78, 5) is 17.6. The summed E-state index contributed by atoms with van der Waals surface area (Å²) < 4.78 is 15.5. The van der Waals surface area contributed by atoms with E-state index < -0.39 is 14.3 Å². The maximum Gasteiger partial charge on any atom is 0.356 e. The SMILES string of the molecule is CCOC(=O)c1cc2c(c(-c3cccc(Br)c3)n1)[C@@H](CCO[Si](c1ccccc1)(c1ccccc1)C(C)(C)C)N(S)C2. The third-order valence-electron chi connectivity index (χ3n) is 7.88. The molecule has 0 amide bonds. The second-order valence-corrected chi connectivity index (χ2v) is 17.3. The predicted octanol–water partition coefficient (Wildman–Crippen LogP) is 7.36. The number of rotatable bonds is 9. The summed E-state index contributed by atoms with van der Waals surface area (Å²) in [6.07, 6.45) is 0.725. The summed E-state index contributed by atoms with van der Waals surface area (Å²) in [6, 6.07) is 31.3. The maximum absolute atomic E-state index is 12.8. The number of thiol groups is 1. The molecule has 3 aromatic carbocycles. The van der Waals surface area contributed by atoms with Crippen molar-refractivity contribution in [1.29, 1.82) is 0 Å². The Morgan fingerprint density at radius 1 is 1.00 bits per heavy atom. The molecule has 0 spiro atoms. The summed E-state index contributed by atoms with van der Waals surface area (Å²) in [6.45, 7) is 10.1. The molecule has 0 bridgehead atoms. The summed E-state index contributed by atoms with van der Waals surface area (Å²) in [5, 5.41) is 2.41. The van der Waals surface area contributed by atoms with Gasteiger partial charge < -0.3 is 9.16 Å². The van der Waals surface area contributed by atoms with Crippen LogP contribution in [0, 0.1) is 0 Å². The van der Waals surface area contributed by atoms with Crippen molar-refractivity contribution in [2.75, 3.05) is 13.2 Å². The molecule has 1 aliphatic rings. The molecule has 0 unspecified atom stereocenters. The zero-order valence-electron chi connectivity index (χ0n) is 24.5. The van der Waals surface area contributed by atoms with E-state index in [9.17, 15) is 4.79 Å². The average molecular weight is 662 g/mol. The van der Waals surface area contributed by atoms with Crippen molar-refractivity contribution in [1.82, 2.24) is 9.29 Å². The molecule has 0 radical (unpaired) electrons. The van der Waals surface area contributed by atoms with Gasteiger partial charge in [-0.2, -0.15) is 0 Å². The highest BCUT2D eigenvalue weighted by atomic mass is 79.9. The van der Waals surface area contributed by atoms with Crippen LogP contribution in [0.15, 0.2) is 95.5 Å². The number of nitrogens with zero attached hydrogens (tertiary/aromatic N) is 2. The Morgan fingerprint density at radius 3 is 2.21 bits per heavy atom. The van der Waals surface area contributed by atoms with Crippen molar-refractivity contribution >= 4 is 53.4 Å². The molecule has 5 nitrogen and oxygen atoms in total. The topological polar surface area (TPSA) is 51.7 Å². The van der Waals surface area contributed by atoms with Crippen molar-refractivity contribution < 1.29 is 14.0 Å². The number of pyridine rings is 1. The molecular formula is C34H37BrN2O3SSi. The highest BCUT2D eigenvalue weighted by molar-refractivity contribution is 9.10. The molecule has 1 aromatic heterocycles. The van der Waals surface area contributed by atoms with Gasteiger partial charge in [0, 0.05) is 34.8 Å². The minimum Gasteiger partial charge on any atom is -0.461 e. The fraction of sp³-hybridized carbons (Fsp3) is 0.294. The second-order valence-electron chi connectivity index (χ2n) is 11.6. The number of hydrogen-bond acceptors (Lipinski definition) is 6. The second kappa shape index (κ2) is 12.9. The van der Waals surface area contributed by atoms with Gasteiger partial charge >= 0.3 is 5.97 Å². The van der Waals surface area contributed by atoms with Gasteiger partial charge in [-0.15, -0.1) is 0 Å². The Morgan fingerprint density at radius 2 is 1.64 bits per heavy atom. The lowest BCUT2D eigenvalue weighted by Crippen LogP contribution is -2.66. The zero-order chi connectivity index (χ0) is 29.9. The van der Waals surface area contributed by atoms with Gasteiger partial charge in [0.25, 0.3) is 8.32 Å². The number of fused-ring (bicyclic) bond motifs is 1. The van der Waals surface area contributed by atoms with Crippen molar-refractivity contribution in [2.45, 2.75) is 51.7 Å². The molecule has 0 N–H and O–H groups in total. The van der Waals surface area contributed by atoms with Crippen LogP contribution < -0.4 is 10.4 Å². The van der Waals surface area contributed by atoms with Crippen LogP contribution in [-0.2, 0) is 15.7 Å². The molecule has 0 saturated heterocycles. The molecule has 0 fully saturated rings. The van der Waals surface area contributed by atoms with Gasteiger partial charge in [-0.1, -0.05) is 122 Å². The number of carbonyl (C=O) groups is 1. The molecular weight excluding hydrogens is 624 g/mol. The molecule has 2 heterocycles. The normalized spacial score (nSPS) is 15.4. The Labute approximate surface area is 264 Å². The number of esters is 1. The van der Waals surface area contributed by atoms with E-state index in [4.69, 9.17) is 27.0 Å². The van der Waals surface area contributed by atoms with E-state index in [0.717, 1.165) is 33.3 Å². The Bertz CT molecular complexity index is 1510. The number of halogens is 1. The summed E-state index contributed by atoms with van der Waals surface area (Å²) in [5.74, 6) is -0.416. The lowest BCUT2D eigenvalue weighted by molar-refractivity contribution is 0.0519. The third kappa shape index (κ3) is 6.01. The first-order valence-corrected chi connectivity index (χ1v) is 17.4. The van der Waals surface area contributed by atoms with E-state index in [1.807, 2.05) is 34.6 Å². The van der Waals surface area contributed by atoms with Gasteiger partial charge in [-0.05, 0) is 52.5 Å². The molecule has 8 heteroatoms. The van der Waals surface area contributed by atoms with Gasteiger partial charge in [-0.3, -0.25) is 0 Å². The highest BCUT2D eigenvalue weighted by Gasteiger charge is 2.50. The zero-order valence-corrected chi connectivity index (χ0v) is 28.0. The largest absolute Gasteiger partial charge is 0.461 e. The molecule has 4 aromatic rings. The molecule has 1 aliphatic heterocycles. The quantitative estimate of drug-likeness (QED) is 0.116. The average Bonchev–Trinajstić information content (AvgIpc) is 3.29. The lowest BCUT2D eigenvalue weighted by Gasteiger charge is -2.43. The van der Waals surface area contributed by atoms with E-state index in [1.54, 1.807) is 6.92 Å². The minimum absolute atomic E-state index is 0.0423. The first-order chi connectivity index (χ1) is 20.2. The fourth-order valence-corrected chi connectivity index (χ4v) is 11.5.